The van der Waals surface area contributed by atoms with Gasteiger partial charge in [0.2, 0.25) is 0 Å². The third-order valence-corrected chi connectivity index (χ3v) is 4.28. The molecule has 27 heavy (non-hydrogen) atoms. The van der Waals surface area contributed by atoms with Crippen LogP contribution in [0.15, 0.2) is 60.4 Å². The highest BCUT2D eigenvalue weighted by Gasteiger charge is 2.11. The van der Waals surface area contributed by atoms with Crippen LogP contribution in [0.5, 0.6) is 11.5 Å². The summed E-state index contributed by atoms with van der Waals surface area (Å²) in [4.78, 5) is 14.4. The topological polar surface area (TPSA) is 38.8 Å². The number of ether oxygens (including phenoxy) is 2. The van der Waals surface area contributed by atoms with Crippen LogP contribution in [0.25, 0.3) is 6.08 Å². The molecule has 0 N–H and O–H groups in total. The van der Waals surface area contributed by atoms with Crippen molar-refractivity contribution in [1.29, 1.82) is 0 Å². The summed E-state index contributed by atoms with van der Waals surface area (Å²) in [5.74, 6) is 1.37. The van der Waals surface area contributed by atoms with Crippen LogP contribution in [0, 0.1) is 0 Å². The predicted molar refractivity (Wildman–Crippen MR) is 110 cm³/mol. The Morgan fingerprint density at radius 1 is 0.963 bits per heavy atom. The van der Waals surface area contributed by atoms with Gasteiger partial charge < -0.3 is 14.4 Å². The maximum Gasteiger partial charge on any atom is 0.194 e. The average molecular weight is 367 g/mol. The number of hydrogen-bond acceptors (Lipinski definition) is 4. The Morgan fingerprint density at radius 3 is 2.22 bits per heavy atom. The van der Waals surface area contributed by atoms with Gasteiger partial charge in [0.15, 0.2) is 23.0 Å². The first-order valence-electron chi connectivity index (χ1n) is 9.53. The Morgan fingerprint density at radius 2 is 1.59 bits per heavy atom. The molecule has 0 heterocycles. The zero-order valence-electron chi connectivity index (χ0n) is 16.5. The standard InChI is InChI=1S/C23H29NO3/c1-4-24(5-2)16-11-17-26-21-14-9-10-15-22(21)27-23(19(3)25)18-20-12-7-6-8-13-20/h6-10,12-15,18H,4-5,11,16-17H2,1-3H3/b23-18-. The molecular formula is C23H29NO3. The van der Waals surface area contributed by atoms with Crippen LogP contribution in [-0.4, -0.2) is 36.9 Å². The van der Waals surface area contributed by atoms with Gasteiger partial charge in [0.1, 0.15) is 0 Å². The van der Waals surface area contributed by atoms with E-state index in [0.717, 1.165) is 31.6 Å². The van der Waals surface area contributed by atoms with Gasteiger partial charge in [-0.05, 0) is 43.3 Å². The molecule has 0 atom stereocenters. The molecule has 0 aliphatic carbocycles. The minimum Gasteiger partial charge on any atom is -0.490 e. The molecule has 0 amide bonds. The Balaban J connectivity index is 2.05. The van der Waals surface area contributed by atoms with Crippen molar-refractivity contribution in [1.82, 2.24) is 4.90 Å². The first-order chi connectivity index (χ1) is 13.1. The third-order valence-electron chi connectivity index (χ3n) is 4.28. The maximum absolute atomic E-state index is 12.0. The second kappa shape index (κ2) is 11.2. The first-order valence-corrected chi connectivity index (χ1v) is 9.53. The molecule has 4 heteroatoms. The van der Waals surface area contributed by atoms with E-state index >= 15 is 0 Å². The van der Waals surface area contributed by atoms with Gasteiger partial charge in [-0.2, -0.15) is 0 Å². The molecule has 0 aliphatic rings. The molecule has 0 spiro atoms. The average Bonchev–Trinajstić information content (AvgIpc) is 2.69. The monoisotopic (exact) mass is 367 g/mol. The molecule has 0 radical (unpaired) electrons. The Hall–Kier alpha value is -2.59. The second-order valence-corrected chi connectivity index (χ2v) is 6.25. The molecular weight excluding hydrogens is 338 g/mol. The van der Waals surface area contributed by atoms with Gasteiger partial charge >= 0.3 is 0 Å². The number of rotatable bonds is 11. The SMILES string of the molecule is CCN(CC)CCCOc1ccccc1O/C(=C\c1ccccc1)C(C)=O. The quantitative estimate of drug-likeness (QED) is 0.325. The van der Waals surface area contributed by atoms with Crippen molar-refractivity contribution >= 4 is 11.9 Å². The van der Waals surface area contributed by atoms with Crippen LogP contribution in [0.2, 0.25) is 0 Å². The highest BCUT2D eigenvalue weighted by Crippen LogP contribution is 2.29. The maximum atomic E-state index is 12.0. The lowest BCUT2D eigenvalue weighted by Gasteiger charge is -2.18. The summed E-state index contributed by atoms with van der Waals surface area (Å²) in [5.41, 5.74) is 0.917. The van der Waals surface area contributed by atoms with Crippen molar-refractivity contribution in [3.63, 3.8) is 0 Å². The minimum absolute atomic E-state index is 0.129. The molecule has 4 nitrogen and oxygen atoms in total. The summed E-state index contributed by atoms with van der Waals surface area (Å²) in [6.07, 6.45) is 2.69. The van der Waals surface area contributed by atoms with Gasteiger partial charge in [-0.1, -0.05) is 56.3 Å². The van der Waals surface area contributed by atoms with Crippen molar-refractivity contribution < 1.29 is 14.3 Å². The fraction of sp³-hybridized carbons (Fsp3) is 0.348. The van der Waals surface area contributed by atoms with E-state index in [1.165, 1.54) is 6.92 Å². The summed E-state index contributed by atoms with van der Waals surface area (Å²) in [5, 5.41) is 0. The van der Waals surface area contributed by atoms with E-state index < -0.39 is 0 Å². The number of carbonyl (C=O) groups is 1. The summed E-state index contributed by atoms with van der Waals surface area (Å²) < 4.78 is 11.8. The third kappa shape index (κ3) is 6.91. The van der Waals surface area contributed by atoms with Crippen LogP contribution in [0.1, 0.15) is 32.8 Å². The van der Waals surface area contributed by atoms with E-state index in [1.54, 1.807) is 6.08 Å². The second-order valence-electron chi connectivity index (χ2n) is 6.25. The van der Waals surface area contributed by atoms with Gasteiger partial charge in [0, 0.05) is 13.5 Å². The van der Waals surface area contributed by atoms with Crippen LogP contribution < -0.4 is 9.47 Å². The molecule has 0 saturated heterocycles. The van der Waals surface area contributed by atoms with Gasteiger partial charge in [0.25, 0.3) is 0 Å². The number of ketones is 1. The Bertz CT molecular complexity index is 736. The van der Waals surface area contributed by atoms with E-state index in [-0.39, 0.29) is 5.78 Å². The van der Waals surface area contributed by atoms with Crippen molar-refractivity contribution in [3.05, 3.63) is 65.9 Å². The fourth-order valence-corrected chi connectivity index (χ4v) is 2.69. The zero-order chi connectivity index (χ0) is 19.5. The van der Waals surface area contributed by atoms with Crippen molar-refractivity contribution in [3.8, 4) is 11.5 Å². The van der Waals surface area contributed by atoms with Gasteiger partial charge in [-0.15, -0.1) is 0 Å². The van der Waals surface area contributed by atoms with E-state index in [4.69, 9.17) is 9.47 Å². The van der Waals surface area contributed by atoms with Crippen LogP contribution in [0.4, 0.5) is 0 Å². The van der Waals surface area contributed by atoms with Crippen LogP contribution in [-0.2, 0) is 4.79 Å². The van der Waals surface area contributed by atoms with Crippen molar-refractivity contribution in [2.24, 2.45) is 0 Å². The smallest absolute Gasteiger partial charge is 0.194 e. The fourth-order valence-electron chi connectivity index (χ4n) is 2.69. The number of Topliss-reactive ketones (excluding diaryl/α,β-unsaturated/α-hetero) is 1. The number of para-hydroxylation sites is 2. The van der Waals surface area contributed by atoms with Gasteiger partial charge in [-0.3, -0.25) is 4.79 Å². The van der Waals surface area contributed by atoms with Crippen LogP contribution in [0.3, 0.4) is 0 Å². The van der Waals surface area contributed by atoms with Crippen LogP contribution >= 0.6 is 0 Å². The van der Waals surface area contributed by atoms with Gasteiger partial charge in [0.05, 0.1) is 6.61 Å². The zero-order valence-corrected chi connectivity index (χ0v) is 16.5. The molecule has 0 aliphatic heterocycles. The normalized spacial score (nSPS) is 11.5. The summed E-state index contributed by atoms with van der Waals surface area (Å²) in [6.45, 7) is 9.52. The summed E-state index contributed by atoms with van der Waals surface area (Å²) in [7, 11) is 0. The number of nitrogens with zero attached hydrogens (tertiary/aromatic N) is 1. The lowest BCUT2D eigenvalue weighted by molar-refractivity contribution is -0.115. The summed E-state index contributed by atoms with van der Waals surface area (Å²) >= 11 is 0. The van der Waals surface area contributed by atoms with Crippen molar-refractivity contribution in [2.45, 2.75) is 27.2 Å². The Labute approximate surface area is 162 Å². The molecule has 0 unspecified atom stereocenters. The molecule has 0 saturated carbocycles. The molecule has 2 aromatic rings. The molecule has 0 fully saturated rings. The number of hydrogen-bond donors (Lipinski definition) is 0. The lowest BCUT2D eigenvalue weighted by atomic mass is 10.2. The number of allylic oxidation sites excluding steroid dienone is 1. The highest BCUT2D eigenvalue weighted by atomic mass is 16.5. The van der Waals surface area contributed by atoms with Crippen molar-refractivity contribution in [2.75, 3.05) is 26.2 Å². The van der Waals surface area contributed by atoms with E-state index in [2.05, 4.69) is 18.7 Å². The highest BCUT2D eigenvalue weighted by molar-refractivity contribution is 5.96. The minimum atomic E-state index is -0.129. The molecule has 0 aromatic heterocycles. The number of benzene rings is 2. The predicted octanol–water partition coefficient (Wildman–Crippen LogP) is 4.81. The Kier molecular flexibility index (Phi) is 8.59. The van der Waals surface area contributed by atoms with E-state index in [0.29, 0.717) is 23.9 Å². The lowest BCUT2D eigenvalue weighted by Crippen LogP contribution is -2.25. The molecule has 2 rings (SSSR count). The van der Waals surface area contributed by atoms with Gasteiger partial charge in [-0.25, -0.2) is 0 Å². The summed E-state index contributed by atoms with van der Waals surface area (Å²) in [6, 6.07) is 17.1. The largest absolute Gasteiger partial charge is 0.490 e. The number of carbonyl (C=O) groups excluding carboxylic acids is 1. The van der Waals surface area contributed by atoms with E-state index in [1.807, 2.05) is 54.6 Å². The first kappa shape index (κ1) is 20.7. The molecule has 144 valence electrons. The molecule has 2 aromatic carbocycles. The van der Waals surface area contributed by atoms with E-state index in [9.17, 15) is 4.79 Å². The molecule has 0 bridgehead atoms.